The van der Waals surface area contributed by atoms with Crippen molar-refractivity contribution in [3.05, 3.63) is 0 Å². The first-order valence-electron chi connectivity index (χ1n) is 0.612. The minimum absolute atomic E-state index is 0. The van der Waals surface area contributed by atoms with Gasteiger partial charge in [-0.2, -0.15) is 0 Å². The van der Waals surface area contributed by atoms with Crippen LogP contribution in [0.3, 0.4) is 0 Å². The summed E-state index contributed by atoms with van der Waals surface area (Å²) in [5.74, 6) is 0. The van der Waals surface area contributed by atoms with Crippen LogP contribution in [0.2, 0.25) is 0 Å². The molecule has 0 aromatic heterocycles. The van der Waals surface area contributed by atoms with Crippen molar-refractivity contribution < 1.29 is 18.8 Å². The molecule has 3 nitrogen and oxygen atoms in total. The fourth-order valence-corrected chi connectivity index (χ4v) is 0. The molecule has 0 bridgehead atoms. The van der Waals surface area contributed by atoms with Crippen LogP contribution >= 0.6 is 0 Å². The molecule has 0 saturated carbocycles. The zero-order valence-electron chi connectivity index (χ0n) is 2.81. The summed E-state index contributed by atoms with van der Waals surface area (Å²) in [6.07, 6.45) is 0. The van der Waals surface area contributed by atoms with E-state index in [1.165, 1.54) is 0 Å². The van der Waals surface area contributed by atoms with Gasteiger partial charge in [0.1, 0.15) is 0 Å². The van der Waals surface area contributed by atoms with Gasteiger partial charge in [-0.15, -0.1) is 0 Å². The molecule has 0 spiro atoms. The van der Waals surface area contributed by atoms with Crippen molar-refractivity contribution >= 4 is 32.2 Å². The molecule has 0 aliphatic rings. The monoisotopic (exact) mass is 119 g/mol. The Balaban J connectivity index is -0.0000000450. The van der Waals surface area contributed by atoms with Crippen LogP contribution in [0.1, 0.15) is 0 Å². The Labute approximate surface area is 51.4 Å². The molecular weight excluding hydrogens is 119 g/mol. The normalized spacial score (nSPS) is 4.00. The first-order valence-corrected chi connectivity index (χ1v) is 1.84. The molecule has 0 fully saturated rings. The van der Waals surface area contributed by atoms with E-state index in [1.807, 2.05) is 0 Å². The third kappa shape index (κ3) is 483. The first kappa shape index (κ1) is 16.2. The van der Waals surface area contributed by atoms with Crippen molar-refractivity contribution in [1.82, 2.24) is 0 Å². The molecule has 6 heteroatoms. The summed E-state index contributed by atoms with van der Waals surface area (Å²) < 4.78 is 8.52. The molecule has 0 aliphatic carbocycles. The molecular formula is FMgO3Si-. The van der Waals surface area contributed by atoms with Crippen LogP contribution in [0, 0.1) is 0 Å². The predicted octanol–water partition coefficient (Wildman–Crippen LogP) is -6.25. The van der Waals surface area contributed by atoms with Gasteiger partial charge in [0, 0.05) is 9.17 Å². The molecule has 0 aromatic carbocycles. The maximum absolute atomic E-state index is 8.52. The Morgan fingerprint density at radius 2 is 1.33 bits per heavy atom. The summed E-state index contributed by atoms with van der Waals surface area (Å²) in [7, 11) is -3.63. The van der Waals surface area contributed by atoms with Crippen molar-refractivity contribution in [3.8, 4) is 0 Å². The first-order chi connectivity index (χ1) is 1.73. The van der Waals surface area contributed by atoms with Crippen LogP contribution in [0.15, 0.2) is 0 Å². The molecule has 0 rings (SSSR count). The van der Waals surface area contributed by atoms with E-state index in [1.54, 1.807) is 0 Å². The van der Waals surface area contributed by atoms with E-state index in [4.69, 9.17) is 14.1 Å². The Morgan fingerprint density at radius 3 is 1.33 bits per heavy atom. The van der Waals surface area contributed by atoms with Crippen LogP contribution in [0.4, 0.5) is 0 Å². The van der Waals surface area contributed by atoms with Gasteiger partial charge in [-0.3, -0.25) is 0 Å². The van der Waals surface area contributed by atoms with Crippen molar-refractivity contribution in [2.45, 2.75) is 0 Å². The van der Waals surface area contributed by atoms with Gasteiger partial charge >= 0.3 is 23.1 Å². The Morgan fingerprint density at radius 1 is 1.33 bits per heavy atom. The number of hydrogen-bond acceptors (Lipinski definition) is 3. The second-order valence-corrected chi connectivity index (χ2v) is 0.750. The van der Waals surface area contributed by atoms with E-state index in [-0.39, 0.29) is 27.8 Å². The zero-order chi connectivity index (χ0) is 3.58. The molecule has 0 heterocycles. The van der Waals surface area contributed by atoms with Crippen LogP contribution in [-0.2, 0) is 4.46 Å². The number of hydrogen-bond donors (Lipinski definition) is 0. The maximum atomic E-state index is 8.52. The third-order valence-corrected chi connectivity index (χ3v) is 0. The van der Waals surface area contributed by atoms with E-state index < -0.39 is 9.17 Å². The number of halogens is 1. The van der Waals surface area contributed by atoms with Gasteiger partial charge in [0.05, 0.1) is 0 Å². The Kier molecular flexibility index (Phi) is 24.4. The molecule has 6 heavy (non-hydrogen) atoms. The summed E-state index contributed by atoms with van der Waals surface area (Å²) in [5.41, 5.74) is 0. The quantitative estimate of drug-likeness (QED) is 0.298. The molecule has 0 aromatic rings. The molecule has 32 valence electrons. The minimum atomic E-state index is -3.63. The van der Waals surface area contributed by atoms with E-state index >= 15 is 0 Å². The summed E-state index contributed by atoms with van der Waals surface area (Å²) in [4.78, 5) is 17.0. The Hall–Kier alpha value is 0.313. The molecule has 0 N–H and O–H groups in total. The average molecular weight is 119 g/mol. The van der Waals surface area contributed by atoms with Crippen LogP contribution in [0.25, 0.3) is 0 Å². The van der Waals surface area contributed by atoms with E-state index in [2.05, 4.69) is 0 Å². The molecule has 0 radical (unpaired) electrons. The van der Waals surface area contributed by atoms with Gasteiger partial charge in [-0.1, -0.05) is 0 Å². The van der Waals surface area contributed by atoms with Gasteiger partial charge < -0.3 is 18.8 Å². The summed E-state index contributed by atoms with van der Waals surface area (Å²) in [5, 5.41) is 0. The van der Waals surface area contributed by atoms with Crippen LogP contribution in [0.5, 0.6) is 0 Å². The van der Waals surface area contributed by atoms with Gasteiger partial charge in [0.15, 0.2) is 0 Å². The van der Waals surface area contributed by atoms with Crippen LogP contribution in [-0.4, -0.2) is 32.2 Å². The molecule has 0 atom stereocenters. The van der Waals surface area contributed by atoms with E-state index in [0.717, 1.165) is 0 Å². The molecule has 0 amide bonds. The minimum Gasteiger partial charge on any atom is -1.00 e. The Bertz CT molecular complexity index is 33.8. The predicted molar refractivity (Wildman–Crippen MR) is 12.2 cm³/mol. The third-order valence-electron chi connectivity index (χ3n) is 0. The molecule has 0 unspecified atom stereocenters. The largest absolute Gasteiger partial charge is 2.00 e. The number of rotatable bonds is 0. The van der Waals surface area contributed by atoms with Crippen molar-refractivity contribution in [2.75, 3.05) is 0 Å². The summed E-state index contributed by atoms with van der Waals surface area (Å²) in [6, 6.07) is 0. The van der Waals surface area contributed by atoms with Gasteiger partial charge in [-0.25, -0.2) is 0 Å². The average Bonchev–Trinajstić information content (AvgIpc) is 0.811. The zero-order valence-corrected chi connectivity index (χ0v) is 5.22. The fourth-order valence-electron chi connectivity index (χ4n) is 0. The summed E-state index contributed by atoms with van der Waals surface area (Å²) in [6.45, 7) is 0. The van der Waals surface area contributed by atoms with Gasteiger partial charge in [0.2, 0.25) is 0 Å². The van der Waals surface area contributed by atoms with E-state index in [0.29, 0.717) is 0 Å². The fraction of sp³-hybridized carbons (Fsp3) is 0. The van der Waals surface area contributed by atoms with Crippen molar-refractivity contribution in [1.29, 1.82) is 0 Å². The maximum Gasteiger partial charge on any atom is 2.00 e. The summed E-state index contributed by atoms with van der Waals surface area (Å²) >= 11 is 0. The van der Waals surface area contributed by atoms with Gasteiger partial charge in [-0.05, 0) is 0 Å². The smallest absolute Gasteiger partial charge is 1.00 e. The molecule has 0 aliphatic heterocycles. The SMILES string of the molecule is O=[Si]([O-])[O-].[F-].[Mg+2]. The van der Waals surface area contributed by atoms with Crippen LogP contribution < -0.4 is 14.3 Å². The van der Waals surface area contributed by atoms with Crippen molar-refractivity contribution in [2.24, 2.45) is 0 Å². The van der Waals surface area contributed by atoms with E-state index in [9.17, 15) is 0 Å². The second-order valence-electron chi connectivity index (χ2n) is 0.250. The second kappa shape index (κ2) is 9.00. The topological polar surface area (TPSA) is 63.2 Å². The molecule has 0 saturated heterocycles. The van der Waals surface area contributed by atoms with Gasteiger partial charge in [0.25, 0.3) is 0 Å². The van der Waals surface area contributed by atoms with Crippen molar-refractivity contribution in [3.63, 3.8) is 0 Å². The standard InChI is InChI=1S/FH.Mg.O3Si/c;;1-4(2)3/h1H;;/q;+2;-2/p-1.